The van der Waals surface area contributed by atoms with Crippen LogP contribution in [-0.4, -0.2) is 36.1 Å². The van der Waals surface area contributed by atoms with E-state index in [-0.39, 0.29) is 0 Å². The van der Waals surface area contributed by atoms with Crippen molar-refractivity contribution in [2.24, 2.45) is 0 Å². The van der Waals surface area contributed by atoms with Crippen molar-refractivity contribution >= 4 is 16.7 Å². The molecule has 0 radical (unpaired) electrons. The molecule has 0 amide bonds. The van der Waals surface area contributed by atoms with Gasteiger partial charge in [0.2, 0.25) is 0 Å². The number of hydrogen-bond donors (Lipinski definition) is 1. The van der Waals surface area contributed by atoms with E-state index in [9.17, 15) is 5.26 Å². The van der Waals surface area contributed by atoms with E-state index in [2.05, 4.69) is 42.2 Å². The van der Waals surface area contributed by atoms with Gasteiger partial charge in [0.1, 0.15) is 5.82 Å². The number of hydrogen-bond acceptors (Lipinski definition) is 4. The Morgan fingerprint density at radius 2 is 2.14 bits per heavy atom. The molecular formula is C17H22N4. The molecule has 0 fully saturated rings. The fraction of sp³-hybridized carbons (Fsp3) is 0.412. The molecule has 1 unspecified atom stereocenters. The molecule has 0 aliphatic rings. The van der Waals surface area contributed by atoms with Crippen LogP contribution in [0.4, 0.5) is 5.82 Å². The fourth-order valence-corrected chi connectivity index (χ4v) is 2.25. The van der Waals surface area contributed by atoms with Crippen LogP contribution in [0.25, 0.3) is 10.9 Å². The molecule has 4 nitrogen and oxygen atoms in total. The van der Waals surface area contributed by atoms with Gasteiger partial charge in [-0.3, -0.25) is 0 Å². The maximum absolute atomic E-state index is 9.26. The van der Waals surface area contributed by atoms with Gasteiger partial charge in [-0.05, 0) is 32.5 Å². The SMILES string of the molecule is CCC(C)N(C)CCNc1cc(C#N)c2ccccc2n1. The highest BCUT2D eigenvalue weighted by molar-refractivity contribution is 5.86. The third-order valence-electron chi connectivity index (χ3n) is 3.95. The summed E-state index contributed by atoms with van der Waals surface area (Å²) in [5, 5.41) is 13.5. The second-order valence-corrected chi connectivity index (χ2v) is 5.35. The lowest BCUT2D eigenvalue weighted by molar-refractivity contribution is 0.261. The molecular weight excluding hydrogens is 260 g/mol. The number of nitrogens with one attached hydrogen (secondary N) is 1. The van der Waals surface area contributed by atoms with Gasteiger partial charge in [0.05, 0.1) is 17.1 Å². The normalized spacial score (nSPS) is 12.3. The minimum Gasteiger partial charge on any atom is -0.369 e. The van der Waals surface area contributed by atoms with E-state index in [4.69, 9.17) is 0 Å². The monoisotopic (exact) mass is 282 g/mol. The van der Waals surface area contributed by atoms with Crippen LogP contribution in [0.2, 0.25) is 0 Å². The first-order chi connectivity index (χ1) is 10.2. The third-order valence-corrected chi connectivity index (χ3v) is 3.95. The van der Waals surface area contributed by atoms with E-state index in [1.165, 1.54) is 0 Å². The average Bonchev–Trinajstić information content (AvgIpc) is 2.53. The lowest BCUT2D eigenvalue weighted by Gasteiger charge is -2.23. The van der Waals surface area contributed by atoms with Crippen LogP contribution in [-0.2, 0) is 0 Å². The number of likely N-dealkylation sites (N-methyl/N-ethyl adjacent to an activating group) is 1. The summed E-state index contributed by atoms with van der Waals surface area (Å²) in [6, 6.07) is 12.4. The molecule has 21 heavy (non-hydrogen) atoms. The summed E-state index contributed by atoms with van der Waals surface area (Å²) in [6.07, 6.45) is 1.14. The van der Waals surface area contributed by atoms with Gasteiger partial charge in [-0.1, -0.05) is 25.1 Å². The molecule has 0 spiro atoms. The van der Waals surface area contributed by atoms with Gasteiger partial charge >= 0.3 is 0 Å². The molecule has 0 aliphatic heterocycles. The molecule has 1 aromatic carbocycles. The molecule has 0 aliphatic carbocycles. The van der Waals surface area contributed by atoms with Crippen LogP contribution >= 0.6 is 0 Å². The summed E-state index contributed by atoms with van der Waals surface area (Å²) in [4.78, 5) is 6.88. The van der Waals surface area contributed by atoms with Crippen molar-refractivity contribution < 1.29 is 0 Å². The number of fused-ring (bicyclic) bond motifs is 1. The number of nitriles is 1. The van der Waals surface area contributed by atoms with E-state index in [0.29, 0.717) is 11.6 Å². The predicted octanol–water partition coefficient (Wildman–Crippen LogP) is 3.25. The van der Waals surface area contributed by atoms with Crippen LogP contribution in [0.3, 0.4) is 0 Å². The number of nitrogens with zero attached hydrogens (tertiary/aromatic N) is 3. The number of aromatic nitrogens is 1. The predicted molar refractivity (Wildman–Crippen MR) is 87.3 cm³/mol. The van der Waals surface area contributed by atoms with Crippen molar-refractivity contribution in [2.75, 3.05) is 25.5 Å². The van der Waals surface area contributed by atoms with E-state index in [0.717, 1.165) is 36.2 Å². The minimum atomic E-state index is 0.575. The number of anilines is 1. The number of benzene rings is 1. The standard InChI is InChI=1S/C17H22N4/c1-4-13(2)21(3)10-9-19-17-11-14(12-18)15-7-5-6-8-16(15)20-17/h5-8,11,13H,4,9-10H2,1-3H3,(H,19,20). The maximum atomic E-state index is 9.26. The van der Waals surface area contributed by atoms with Crippen molar-refractivity contribution in [2.45, 2.75) is 26.3 Å². The Morgan fingerprint density at radius 1 is 1.38 bits per heavy atom. The highest BCUT2D eigenvalue weighted by Gasteiger charge is 2.07. The first-order valence-electron chi connectivity index (χ1n) is 7.39. The summed E-state index contributed by atoms with van der Waals surface area (Å²) in [6.45, 7) is 6.18. The van der Waals surface area contributed by atoms with Crippen molar-refractivity contribution in [3.8, 4) is 6.07 Å². The molecule has 0 saturated heterocycles. The Balaban J connectivity index is 2.08. The van der Waals surface area contributed by atoms with E-state index >= 15 is 0 Å². The largest absolute Gasteiger partial charge is 0.369 e. The van der Waals surface area contributed by atoms with Crippen LogP contribution in [0.15, 0.2) is 30.3 Å². The number of pyridine rings is 1. The minimum absolute atomic E-state index is 0.575. The molecule has 0 bridgehead atoms. The lowest BCUT2D eigenvalue weighted by Crippen LogP contribution is -2.32. The second kappa shape index (κ2) is 7.05. The highest BCUT2D eigenvalue weighted by atomic mass is 15.1. The Bertz CT molecular complexity index is 645. The molecule has 2 rings (SSSR count). The summed E-state index contributed by atoms with van der Waals surface area (Å²) < 4.78 is 0. The van der Waals surface area contributed by atoms with Gasteiger partial charge in [0.15, 0.2) is 0 Å². The molecule has 1 N–H and O–H groups in total. The van der Waals surface area contributed by atoms with E-state index in [1.807, 2.05) is 30.3 Å². The lowest BCUT2D eigenvalue weighted by atomic mass is 10.1. The fourth-order valence-electron chi connectivity index (χ4n) is 2.25. The Hall–Kier alpha value is -2.12. The molecule has 1 atom stereocenters. The first-order valence-corrected chi connectivity index (χ1v) is 7.39. The van der Waals surface area contributed by atoms with Gasteiger partial charge in [-0.25, -0.2) is 4.98 Å². The van der Waals surface area contributed by atoms with E-state index < -0.39 is 0 Å². The molecule has 1 aromatic heterocycles. The molecule has 0 saturated carbocycles. The Kier molecular flexibility index (Phi) is 5.13. The zero-order chi connectivity index (χ0) is 15.2. The molecule has 1 heterocycles. The quantitative estimate of drug-likeness (QED) is 0.883. The Morgan fingerprint density at radius 3 is 2.86 bits per heavy atom. The highest BCUT2D eigenvalue weighted by Crippen LogP contribution is 2.19. The summed E-state index contributed by atoms with van der Waals surface area (Å²) in [5.41, 5.74) is 1.52. The zero-order valence-corrected chi connectivity index (χ0v) is 12.9. The summed E-state index contributed by atoms with van der Waals surface area (Å²) in [7, 11) is 2.13. The van der Waals surface area contributed by atoms with Crippen molar-refractivity contribution in [3.05, 3.63) is 35.9 Å². The maximum Gasteiger partial charge on any atom is 0.128 e. The van der Waals surface area contributed by atoms with Crippen LogP contribution in [0, 0.1) is 11.3 Å². The number of para-hydroxylation sites is 1. The van der Waals surface area contributed by atoms with Gasteiger partial charge in [-0.15, -0.1) is 0 Å². The smallest absolute Gasteiger partial charge is 0.128 e. The van der Waals surface area contributed by atoms with Gasteiger partial charge in [0, 0.05) is 24.5 Å². The average molecular weight is 282 g/mol. The van der Waals surface area contributed by atoms with Crippen LogP contribution in [0.5, 0.6) is 0 Å². The third kappa shape index (κ3) is 3.71. The topological polar surface area (TPSA) is 52.0 Å². The van der Waals surface area contributed by atoms with E-state index in [1.54, 1.807) is 0 Å². The van der Waals surface area contributed by atoms with Gasteiger partial charge in [-0.2, -0.15) is 5.26 Å². The van der Waals surface area contributed by atoms with Crippen molar-refractivity contribution in [3.63, 3.8) is 0 Å². The second-order valence-electron chi connectivity index (χ2n) is 5.35. The van der Waals surface area contributed by atoms with Crippen molar-refractivity contribution in [1.29, 1.82) is 5.26 Å². The first kappa shape index (κ1) is 15.3. The summed E-state index contributed by atoms with van der Waals surface area (Å²) in [5.74, 6) is 0.766. The summed E-state index contributed by atoms with van der Waals surface area (Å²) >= 11 is 0. The molecule has 110 valence electrons. The zero-order valence-electron chi connectivity index (χ0n) is 12.9. The van der Waals surface area contributed by atoms with Crippen molar-refractivity contribution in [1.82, 2.24) is 9.88 Å². The Labute approximate surface area is 126 Å². The molecule has 4 heteroatoms. The van der Waals surface area contributed by atoms with Crippen LogP contribution in [0.1, 0.15) is 25.8 Å². The van der Waals surface area contributed by atoms with Gasteiger partial charge in [0.25, 0.3) is 0 Å². The molecule has 2 aromatic rings. The van der Waals surface area contributed by atoms with Crippen LogP contribution < -0.4 is 5.32 Å². The number of rotatable bonds is 6. The van der Waals surface area contributed by atoms with Gasteiger partial charge < -0.3 is 10.2 Å².